The van der Waals surface area contributed by atoms with E-state index < -0.39 is 0 Å². The highest BCUT2D eigenvalue weighted by molar-refractivity contribution is 8.00. The minimum absolute atomic E-state index is 0.188. The third-order valence-electron chi connectivity index (χ3n) is 3.22. The van der Waals surface area contributed by atoms with Crippen LogP contribution in [0.25, 0.3) is 0 Å². The Morgan fingerprint density at radius 1 is 1.41 bits per heavy atom. The number of hydrogen-bond acceptors (Lipinski definition) is 3. The summed E-state index contributed by atoms with van der Waals surface area (Å²) < 4.78 is 0. The van der Waals surface area contributed by atoms with Gasteiger partial charge in [-0.1, -0.05) is 37.3 Å². The van der Waals surface area contributed by atoms with Crippen molar-refractivity contribution in [1.29, 1.82) is 0 Å². The fourth-order valence-corrected chi connectivity index (χ4v) is 3.50. The van der Waals surface area contributed by atoms with E-state index in [2.05, 4.69) is 36.5 Å². The maximum absolute atomic E-state index is 9.44. The monoisotopic (exact) mass is 251 g/mol. The molecule has 1 aliphatic heterocycles. The van der Waals surface area contributed by atoms with Gasteiger partial charge in [-0.3, -0.25) is 0 Å². The zero-order valence-electron chi connectivity index (χ0n) is 10.3. The fraction of sp³-hybridized carbons (Fsp3) is 0.571. The largest absolute Gasteiger partial charge is 0.395 e. The van der Waals surface area contributed by atoms with Gasteiger partial charge < -0.3 is 10.4 Å². The fourth-order valence-electron chi connectivity index (χ4n) is 2.34. The molecule has 0 aromatic heterocycles. The lowest BCUT2D eigenvalue weighted by molar-refractivity contribution is 0.232. The number of hydrogen-bond donors (Lipinski definition) is 2. The molecule has 2 nitrogen and oxygen atoms in total. The first-order valence-electron chi connectivity index (χ1n) is 6.30. The van der Waals surface area contributed by atoms with Gasteiger partial charge in [-0.2, -0.15) is 11.8 Å². The molecule has 3 unspecified atom stereocenters. The van der Waals surface area contributed by atoms with Crippen LogP contribution in [-0.4, -0.2) is 34.8 Å². The molecule has 0 aliphatic carbocycles. The third kappa shape index (κ3) is 4.02. The summed E-state index contributed by atoms with van der Waals surface area (Å²) in [6.07, 6.45) is 2.13. The van der Waals surface area contributed by atoms with Crippen LogP contribution in [0.2, 0.25) is 0 Å². The number of aliphatic hydroxyl groups is 1. The number of nitrogens with one attached hydrogen (secondary N) is 1. The van der Waals surface area contributed by atoms with Crippen LogP contribution >= 0.6 is 11.8 Å². The average Bonchev–Trinajstić information content (AvgIpc) is 2.75. The van der Waals surface area contributed by atoms with Crippen molar-refractivity contribution in [1.82, 2.24) is 5.32 Å². The van der Waals surface area contributed by atoms with Crippen LogP contribution in [0.3, 0.4) is 0 Å². The van der Waals surface area contributed by atoms with Crippen LogP contribution in [0.15, 0.2) is 30.3 Å². The summed E-state index contributed by atoms with van der Waals surface area (Å²) in [6.45, 7) is 2.49. The first-order chi connectivity index (χ1) is 8.28. The molecule has 94 valence electrons. The van der Waals surface area contributed by atoms with Crippen molar-refractivity contribution < 1.29 is 5.11 Å². The Balaban J connectivity index is 1.85. The van der Waals surface area contributed by atoms with Gasteiger partial charge in [0.25, 0.3) is 0 Å². The summed E-state index contributed by atoms with van der Waals surface area (Å²) in [5.74, 6) is 1.17. The van der Waals surface area contributed by atoms with E-state index in [0.29, 0.717) is 6.04 Å². The summed E-state index contributed by atoms with van der Waals surface area (Å²) in [7, 11) is 0. The predicted octanol–water partition coefficient (Wildman–Crippen LogP) is 2.07. The van der Waals surface area contributed by atoms with Gasteiger partial charge in [-0.15, -0.1) is 0 Å². The summed E-state index contributed by atoms with van der Waals surface area (Å²) in [5, 5.41) is 13.8. The van der Waals surface area contributed by atoms with E-state index in [1.807, 2.05) is 17.8 Å². The second-order valence-electron chi connectivity index (χ2n) is 4.81. The number of thioether (sulfide) groups is 1. The zero-order valence-corrected chi connectivity index (χ0v) is 11.1. The molecule has 3 heteroatoms. The molecule has 1 aliphatic rings. The second kappa shape index (κ2) is 6.43. The van der Waals surface area contributed by atoms with Crippen molar-refractivity contribution >= 4 is 11.8 Å². The van der Waals surface area contributed by atoms with Gasteiger partial charge >= 0.3 is 0 Å². The molecule has 1 aromatic carbocycles. The minimum Gasteiger partial charge on any atom is -0.395 e. The standard InChI is InChI=1S/C14H21NOS/c1-11-7-14(10-17-11)15-13(9-16)8-12-5-3-2-4-6-12/h2-6,11,13-16H,7-10H2,1H3. The van der Waals surface area contributed by atoms with E-state index >= 15 is 0 Å². The summed E-state index contributed by atoms with van der Waals surface area (Å²) >= 11 is 2.02. The summed E-state index contributed by atoms with van der Waals surface area (Å²) in [4.78, 5) is 0. The smallest absolute Gasteiger partial charge is 0.0587 e. The average molecular weight is 251 g/mol. The highest BCUT2D eigenvalue weighted by Gasteiger charge is 2.23. The Kier molecular flexibility index (Phi) is 4.89. The van der Waals surface area contributed by atoms with Gasteiger partial charge in [-0.25, -0.2) is 0 Å². The van der Waals surface area contributed by atoms with Gasteiger partial charge in [-0.05, 0) is 18.4 Å². The van der Waals surface area contributed by atoms with Crippen LogP contribution in [-0.2, 0) is 6.42 Å². The van der Waals surface area contributed by atoms with Crippen LogP contribution in [0, 0.1) is 0 Å². The summed E-state index contributed by atoms with van der Waals surface area (Å²) in [6, 6.07) is 11.1. The lowest BCUT2D eigenvalue weighted by atomic mass is 10.0. The topological polar surface area (TPSA) is 32.3 Å². The van der Waals surface area contributed by atoms with Crippen molar-refractivity contribution in [3.63, 3.8) is 0 Å². The second-order valence-corrected chi connectivity index (χ2v) is 6.28. The van der Waals surface area contributed by atoms with Gasteiger partial charge in [0.05, 0.1) is 6.61 Å². The van der Waals surface area contributed by atoms with E-state index in [9.17, 15) is 5.11 Å². The van der Waals surface area contributed by atoms with E-state index in [0.717, 1.165) is 11.7 Å². The van der Waals surface area contributed by atoms with Crippen molar-refractivity contribution in [2.75, 3.05) is 12.4 Å². The molecule has 0 bridgehead atoms. The Bertz CT molecular complexity index is 330. The molecular weight excluding hydrogens is 230 g/mol. The van der Waals surface area contributed by atoms with Gasteiger partial charge in [0.15, 0.2) is 0 Å². The molecule has 17 heavy (non-hydrogen) atoms. The molecule has 1 aromatic rings. The van der Waals surface area contributed by atoms with E-state index in [1.165, 1.54) is 17.7 Å². The lowest BCUT2D eigenvalue weighted by Gasteiger charge is -2.21. The highest BCUT2D eigenvalue weighted by atomic mass is 32.2. The van der Waals surface area contributed by atoms with E-state index in [-0.39, 0.29) is 12.6 Å². The van der Waals surface area contributed by atoms with Crippen molar-refractivity contribution in [2.45, 2.75) is 37.1 Å². The zero-order chi connectivity index (χ0) is 12.1. The molecular formula is C14H21NOS. The molecule has 1 saturated heterocycles. The quantitative estimate of drug-likeness (QED) is 0.840. The van der Waals surface area contributed by atoms with E-state index in [1.54, 1.807) is 0 Å². The van der Waals surface area contributed by atoms with Gasteiger partial charge in [0, 0.05) is 23.1 Å². The molecule has 1 fully saturated rings. The van der Waals surface area contributed by atoms with Gasteiger partial charge in [0.2, 0.25) is 0 Å². The van der Waals surface area contributed by atoms with Crippen molar-refractivity contribution in [3.05, 3.63) is 35.9 Å². The maximum Gasteiger partial charge on any atom is 0.0587 e. The molecule has 1 heterocycles. The molecule has 2 N–H and O–H groups in total. The maximum atomic E-state index is 9.44. The lowest BCUT2D eigenvalue weighted by Crippen LogP contribution is -2.42. The number of aliphatic hydroxyl groups excluding tert-OH is 1. The van der Waals surface area contributed by atoms with Crippen molar-refractivity contribution in [3.8, 4) is 0 Å². The van der Waals surface area contributed by atoms with Crippen LogP contribution in [0.5, 0.6) is 0 Å². The Hall–Kier alpha value is -0.510. The highest BCUT2D eigenvalue weighted by Crippen LogP contribution is 2.26. The predicted molar refractivity (Wildman–Crippen MR) is 74.5 cm³/mol. The van der Waals surface area contributed by atoms with Crippen LogP contribution in [0.1, 0.15) is 18.9 Å². The first kappa shape index (κ1) is 12.9. The van der Waals surface area contributed by atoms with Crippen LogP contribution < -0.4 is 5.32 Å². The normalized spacial score (nSPS) is 26.0. The third-order valence-corrected chi connectivity index (χ3v) is 4.57. The number of rotatable bonds is 5. The van der Waals surface area contributed by atoms with Gasteiger partial charge in [0.1, 0.15) is 0 Å². The number of benzene rings is 1. The van der Waals surface area contributed by atoms with Crippen LogP contribution in [0.4, 0.5) is 0 Å². The van der Waals surface area contributed by atoms with E-state index in [4.69, 9.17) is 0 Å². The molecule has 0 saturated carbocycles. The molecule has 3 atom stereocenters. The Morgan fingerprint density at radius 2 is 2.18 bits per heavy atom. The Labute approximate surface area is 108 Å². The molecule has 0 radical (unpaired) electrons. The minimum atomic E-state index is 0.188. The first-order valence-corrected chi connectivity index (χ1v) is 7.35. The summed E-state index contributed by atoms with van der Waals surface area (Å²) in [5.41, 5.74) is 1.29. The SMILES string of the molecule is CC1CC(NC(CO)Cc2ccccc2)CS1. The molecule has 2 rings (SSSR count). The molecule has 0 spiro atoms. The van der Waals surface area contributed by atoms with Crippen molar-refractivity contribution in [2.24, 2.45) is 0 Å². The molecule has 0 amide bonds. The Morgan fingerprint density at radius 3 is 2.76 bits per heavy atom.